The largest absolute Gasteiger partial charge is 0.504 e. The molecule has 0 heterocycles. The molecule has 4 aliphatic rings. The van der Waals surface area contributed by atoms with Crippen LogP contribution in [-0.4, -0.2) is 23.3 Å². The van der Waals surface area contributed by atoms with Crippen LogP contribution in [0.5, 0.6) is 11.5 Å². The molecular formula is C30H44O4. The summed E-state index contributed by atoms with van der Waals surface area (Å²) in [7, 11) is 1.54. The van der Waals surface area contributed by atoms with E-state index in [2.05, 4.69) is 34.6 Å². The van der Waals surface area contributed by atoms with Crippen molar-refractivity contribution < 1.29 is 19.7 Å². The van der Waals surface area contributed by atoms with E-state index in [-0.39, 0.29) is 44.5 Å². The summed E-state index contributed by atoms with van der Waals surface area (Å²) >= 11 is 0. The van der Waals surface area contributed by atoms with Gasteiger partial charge in [-0.3, -0.25) is 4.79 Å². The zero-order valence-electron chi connectivity index (χ0n) is 22.3. The average Bonchev–Trinajstić information content (AvgIpc) is 2.80. The lowest BCUT2D eigenvalue weighted by Crippen LogP contribution is -2.65. The Kier molecular flexibility index (Phi) is 5.06. The average molecular weight is 469 g/mol. The van der Waals surface area contributed by atoms with Gasteiger partial charge in [-0.2, -0.15) is 0 Å². The molecule has 4 aliphatic carbocycles. The van der Waals surface area contributed by atoms with Crippen molar-refractivity contribution in [1.29, 1.82) is 0 Å². The van der Waals surface area contributed by atoms with E-state index >= 15 is 0 Å². The van der Waals surface area contributed by atoms with Crippen LogP contribution in [0.4, 0.5) is 0 Å². The topological polar surface area (TPSA) is 66.8 Å². The van der Waals surface area contributed by atoms with Gasteiger partial charge in [0.05, 0.1) is 12.5 Å². The van der Waals surface area contributed by atoms with Crippen LogP contribution in [-0.2, 0) is 21.4 Å². The summed E-state index contributed by atoms with van der Waals surface area (Å²) in [6, 6.07) is 1.87. The van der Waals surface area contributed by atoms with Crippen molar-refractivity contribution in [3.8, 4) is 11.5 Å². The summed E-state index contributed by atoms with van der Waals surface area (Å²) < 4.78 is 5.29. The van der Waals surface area contributed by atoms with E-state index in [0.717, 1.165) is 50.5 Å². The number of hydrogen-bond acceptors (Lipinski definition) is 4. The van der Waals surface area contributed by atoms with E-state index in [0.29, 0.717) is 11.8 Å². The van der Waals surface area contributed by atoms with Crippen LogP contribution in [0.3, 0.4) is 0 Å². The van der Waals surface area contributed by atoms with Gasteiger partial charge in [0.2, 0.25) is 0 Å². The van der Waals surface area contributed by atoms with Gasteiger partial charge in [0.25, 0.3) is 0 Å². The maximum absolute atomic E-state index is 12.9. The van der Waals surface area contributed by atoms with Gasteiger partial charge in [0.1, 0.15) is 0 Å². The van der Waals surface area contributed by atoms with Gasteiger partial charge in [-0.15, -0.1) is 0 Å². The Morgan fingerprint density at radius 1 is 0.941 bits per heavy atom. The Bertz CT molecular complexity index is 1050. The standard InChI is InChI=1S/C30H44O4/c1-18-19-8-9-22-28(4,20(19)16-21(31)24(18)32)13-15-30(6)23-17-27(3,25(33)34-7)11-10-26(23,2)12-14-29(22,30)5/h16,22-23,31-32H,8-15,17H2,1-7H3/t22-,23+,26+,27+,28-,29+,30-/m0/s1. The second-order valence-electron chi connectivity index (χ2n) is 13.7. The number of benzene rings is 1. The number of carbonyl (C=O) groups is 1. The predicted molar refractivity (Wildman–Crippen MR) is 134 cm³/mol. The third-order valence-electron chi connectivity index (χ3n) is 12.4. The van der Waals surface area contributed by atoms with Crippen LogP contribution in [0.15, 0.2) is 6.07 Å². The molecule has 0 unspecified atom stereocenters. The highest BCUT2D eigenvalue weighted by atomic mass is 16.5. The highest BCUT2D eigenvalue weighted by Gasteiger charge is 2.68. The molecule has 4 nitrogen and oxygen atoms in total. The van der Waals surface area contributed by atoms with Crippen molar-refractivity contribution >= 4 is 5.97 Å². The lowest BCUT2D eigenvalue weighted by molar-refractivity contribution is -0.214. The number of carbonyl (C=O) groups excluding carboxylic acids is 1. The highest BCUT2D eigenvalue weighted by molar-refractivity contribution is 5.76. The second kappa shape index (κ2) is 7.17. The highest BCUT2D eigenvalue weighted by Crippen LogP contribution is 2.75. The van der Waals surface area contributed by atoms with Crippen LogP contribution in [0.25, 0.3) is 0 Å². The minimum atomic E-state index is -0.388. The second-order valence-corrected chi connectivity index (χ2v) is 13.7. The summed E-state index contributed by atoms with van der Waals surface area (Å²) in [6.45, 7) is 14.1. The predicted octanol–water partition coefficient (Wildman–Crippen LogP) is 6.81. The molecule has 2 N–H and O–H groups in total. The molecule has 0 spiro atoms. The Labute approximate surface area is 205 Å². The Hall–Kier alpha value is -1.71. The number of methoxy groups -OCH3 is 1. The van der Waals surface area contributed by atoms with Gasteiger partial charge in [0, 0.05) is 0 Å². The number of hydrogen-bond donors (Lipinski definition) is 2. The Morgan fingerprint density at radius 2 is 1.56 bits per heavy atom. The van der Waals surface area contributed by atoms with Crippen molar-refractivity contribution in [1.82, 2.24) is 0 Å². The van der Waals surface area contributed by atoms with Gasteiger partial charge < -0.3 is 14.9 Å². The molecule has 0 amide bonds. The minimum absolute atomic E-state index is 0.00809. The van der Waals surface area contributed by atoms with Gasteiger partial charge in [-0.25, -0.2) is 0 Å². The van der Waals surface area contributed by atoms with Crippen molar-refractivity contribution in [2.75, 3.05) is 7.11 Å². The number of aromatic hydroxyl groups is 2. The molecule has 1 aromatic carbocycles. The summed E-state index contributed by atoms with van der Waals surface area (Å²) in [5.74, 6) is 1.05. The molecule has 0 aromatic heterocycles. The smallest absolute Gasteiger partial charge is 0.311 e. The lowest BCUT2D eigenvalue weighted by atomic mass is 9.32. The zero-order chi connectivity index (χ0) is 24.9. The molecule has 4 heteroatoms. The molecule has 0 radical (unpaired) electrons. The van der Waals surface area contributed by atoms with Crippen LogP contribution in [0.1, 0.15) is 103 Å². The molecule has 1 aromatic rings. The quantitative estimate of drug-likeness (QED) is 0.351. The normalized spacial score (nSPS) is 45.4. The molecule has 3 saturated carbocycles. The molecule has 7 atom stereocenters. The van der Waals surface area contributed by atoms with Gasteiger partial charge in [-0.1, -0.05) is 27.7 Å². The zero-order valence-corrected chi connectivity index (χ0v) is 22.3. The van der Waals surface area contributed by atoms with Crippen molar-refractivity contribution in [2.24, 2.45) is 33.5 Å². The number of phenols is 2. The number of ether oxygens (including phenoxy) is 1. The molecule has 5 rings (SSSR count). The molecular weight excluding hydrogens is 424 g/mol. The van der Waals surface area contributed by atoms with Crippen LogP contribution >= 0.6 is 0 Å². The molecule has 34 heavy (non-hydrogen) atoms. The van der Waals surface area contributed by atoms with E-state index in [4.69, 9.17) is 4.74 Å². The van der Waals surface area contributed by atoms with Crippen LogP contribution < -0.4 is 0 Å². The van der Waals surface area contributed by atoms with E-state index in [9.17, 15) is 15.0 Å². The van der Waals surface area contributed by atoms with E-state index < -0.39 is 0 Å². The van der Waals surface area contributed by atoms with Gasteiger partial charge in [-0.05, 0) is 128 Å². The number of rotatable bonds is 1. The first kappa shape index (κ1) is 24.0. The molecule has 0 aliphatic heterocycles. The number of fused-ring (bicyclic) bond motifs is 7. The third-order valence-corrected chi connectivity index (χ3v) is 12.4. The monoisotopic (exact) mass is 468 g/mol. The Morgan fingerprint density at radius 3 is 2.24 bits per heavy atom. The Balaban J connectivity index is 1.59. The maximum atomic E-state index is 12.9. The minimum Gasteiger partial charge on any atom is -0.504 e. The van der Waals surface area contributed by atoms with E-state index in [1.165, 1.54) is 31.1 Å². The first-order chi connectivity index (χ1) is 15.8. The maximum Gasteiger partial charge on any atom is 0.311 e. The van der Waals surface area contributed by atoms with Crippen LogP contribution in [0.2, 0.25) is 0 Å². The van der Waals surface area contributed by atoms with Crippen molar-refractivity contribution in [3.05, 3.63) is 22.8 Å². The third kappa shape index (κ3) is 2.80. The lowest BCUT2D eigenvalue weighted by Gasteiger charge is -2.72. The van der Waals surface area contributed by atoms with Gasteiger partial charge >= 0.3 is 5.97 Å². The summed E-state index contributed by atoms with van der Waals surface area (Å²) in [5.41, 5.74) is 3.57. The fourth-order valence-corrected chi connectivity index (χ4v) is 9.83. The van der Waals surface area contributed by atoms with Crippen molar-refractivity contribution in [2.45, 2.75) is 105 Å². The van der Waals surface area contributed by atoms with Gasteiger partial charge in [0.15, 0.2) is 11.5 Å². The molecule has 0 saturated heterocycles. The summed E-state index contributed by atoms with van der Waals surface area (Å²) in [5, 5.41) is 20.9. The van der Waals surface area contributed by atoms with Crippen molar-refractivity contribution in [3.63, 3.8) is 0 Å². The van der Waals surface area contributed by atoms with E-state index in [1.807, 2.05) is 13.0 Å². The molecule has 188 valence electrons. The summed E-state index contributed by atoms with van der Waals surface area (Å²) in [4.78, 5) is 12.9. The number of phenolic OH excluding ortho intramolecular Hbond substituents is 2. The fourth-order valence-electron chi connectivity index (χ4n) is 9.83. The first-order valence-electron chi connectivity index (χ1n) is 13.4. The van der Waals surface area contributed by atoms with Crippen LogP contribution in [0, 0.1) is 40.4 Å². The van der Waals surface area contributed by atoms with E-state index in [1.54, 1.807) is 0 Å². The SMILES string of the molecule is COC(=O)[C@]1(C)CC[C@]2(C)CC[C@]3(C)[C@H]4CCc5c(cc(O)c(O)c5C)[C@]4(C)CC[C@@]3(C)[C@@H]2C1. The molecule has 0 bridgehead atoms. The molecule has 3 fully saturated rings. The fraction of sp³-hybridized carbons (Fsp3) is 0.767. The number of esters is 1. The first-order valence-corrected chi connectivity index (χ1v) is 13.4. The summed E-state index contributed by atoms with van der Waals surface area (Å²) in [6.07, 6.45) is 9.71.